The first kappa shape index (κ1) is 18.9. The summed E-state index contributed by atoms with van der Waals surface area (Å²) in [7, 11) is 3.78. The molecule has 1 aromatic carbocycles. The van der Waals surface area contributed by atoms with Crippen molar-refractivity contribution in [3.05, 3.63) is 71.1 Å². The molecule has 0 aliphatic rings. The first-order chi connectivity index (χ1) is 13.0. The number of benzene rings is 1. The second kappa shape index (κ2) is 8.20. The lowest BCUT2D eigenvalue weighted by atomic mass is 10.1. The number of hydrogen-bond acceptors (Lipinski definition) is 3. The zero-order chi connectivity index (χ0) is 19.4. The lowest BCUT2D eigenvalue weighted by Crippen LogP contribution is -2.28. The number of aryl methyl sites for hydroxylation is 2. The van der Waals surface area contributed by atoms with Crippen LogP contribution in [-0.2, 0) is 31.4 Å². The summed E-state index contributed by atoms with van der Waals surface area (Å²) in [5, 5.41) is 4.42. The Morgan fingerprint density at radius 2 is 1.93 bits per heavy atom. The fourth-order valence-corrected chi connectivity index (χ4v) is 3.32. The van der Waals surface area contributed by atoms with E-state index in [0.29, 0.717) is 19.4 Å². The number of imidazole rings is 1. The molecule has 0 saturated heterocycles. The van der Waals surface area contributed by atoms with Crippen LogP contribution in [0.15, 0.2) is 42.7 Å². The number of hydrogen-bond donors (Lipinski definition) is 0. The third-order valence-corrected chi connectivity index (χ3v) is 5.05. The van der Waals surface area contributed by atoms with E-state index in [2.05, 4.69) is 26.8 Å². The Morgan fingerprint density at radius 1 is 1.19 bits per heavy atom. The van der Waals surface area contributed by atoms with Crippen LogP contribution in [-0.4, -0.2) is 37.2 Å². The van der Waals surface area contributed by atoms with Crippen molar-refractivity contribution in [2.45, 2.75) is 39.8 Å². The van der Waals surface area contributed by atoms with Crippen LogP contribution in [0.3, 0.4) is 0 Å². The van der Waals surface area contributed by atoms with Gasteiger partial charge in [-0.05, 0) is 31.4 Å². The standard InChI is InChI=1S/C21H27N5O/c1-16-19(17(2)25(4)23-16)10-11-21(27)24(3)15-20-22-12-13-26(20)14-18-8-6-5-7-9-18/h5-9,12-13H,10-11,14-15H2,1-4H3. The quantitative estimate of drug-likeness (QED) is 0.647. The topological polar surface area (TPSA) is 56.0 Å². The molecule has 1 amide bonds. The molecule has 0 bridgehead atoms. The minimum absolute atomic E-state index is 0.118. The molecule has 0 radical (unpaired) electrons. The number of aromatic nitrogens is 4. The van der Waals surface area contributed by atoms with E-state index in [1.165, 1.54) is 11.1 Å². The highest BCUT2D eigenvalue weighted by molar-refractivity contribution is 5.76. The van der Waals surface area contributed by atoms with Gasteiger partial charge in [-0.3, -0.25) is 9.48 Å². The van der Waals surface area contributed by atoms with Gasteiger partial charge in [0.25, 0.3) is 0 Å². The van der Waals surface area contributed by atoms with Gasteiger partial charge in [0.1, 0.15) is 5.82 Å². The number of carbonyl (C=O) groups excluding carboxylic acids is 1. The number of nitrogens with zero attached hydrogens (tertiary/aromatic N) is 5. The molecule has 0 saturated carbocycles. The summed E-state index contributed by atoms with van der Waals surface area (Å²) in [6.07, 6.45) is 4.94. The van der Waals surface area contributed by atoms with E-state index >= 15 is 0 Å². The van der Waals surface area contributed by atoms with E-state index in [-0.39, 0.29) is 5.91 Å². The van der Waals surface area contributed by atoms with Gasteiger partial charge in [0.2, 0.25) is 5.91 Å². The Kier molecular flexibility index (Phi) is 5.74. The minimum Gasteiger partial charge on any atom is -0.338 e. The highest BCUT2D eigenvalue weighted by atomic mass is 16.2. The SMILES string of the molecule is Cc1nn(C)c(C)c1CCC(=O)N(C)Cc1nccn1Cc1ccccc1. The molecule has 0 fully saturated rings. The van der Waals surface area contributed by atoms with Crippen LogP contribution in [0.5, 0.6) is 0 Å². The van der Waals surface area contributed by atoms with E-state index in [9.17, 15) is 4.79 Å². The Balaban J connectivity index is 1.59. The molecule has 6 heteroatoms. The van der Waals surface area contributed by atoms with Crippen molar-refractivity contribution in [3.8, 4) is 0 Å². The van der Waals surface area contributed by atoms with Gasteiger partial charge < -0.3 is 9.47 Å². The number of amides is 1. The van der Waals surface area contributed by atoms with Crippen molar-refractivity contribution in [2.24, 2.45) is 7.05 Å². The van der Waals surface area contributed by atoms with Crippen molar-refractivity contribution in [1.29, 1.82) is 0 Å². The van der Waals surface area contributed by atoms with Crippen LogP contribution in [0.1, 0.15) is 34.8 Å². The largest absolute Gasteiger partial charge is 0.338 e. The van der Waals surface area contributed by atoms with Crippen LogP contribution in [0, 0.1) is 13.8 Å². The predicted molar refractivity (Wildman–Crippen MR) is 105 cm³/mol. The fraction of sp³-hybridized carbons (Fsp3) is 0.381. The molecule has 0 unspecified atom stereocenters. The molecular formula is C21H27N5O. The summed E-state index contributed by atoms with van der Waals surface area (Å²) in [6, 6.07) is 10.3. The van der Waals surface area contributed by atoms with Crippen molar-refractivity contribution < 1.29 is 4.79 Å². The molecule has 3 rings (SSSR count). The van der Waals surface area contributed by atoms with Gasteiger partial charge in [-0.15, -0.1) is 0 Å². The third kappa shape index (κ3) is 4.45. The average molecular weight is 365 g/mol. The van der Waals surface area contributed by atoms with E-state index < -0.39 is 0 Å². The molecule has 0 atom stereocenters. The van der Waals surface area contributed by atoms with Crippen molar-refractivity contribution in [1.82, 2.24) is 24.2 Å². The smallest absolute Gasteiger partial charge is 0.223 e. The van der Waals surface area contributed by atoms with Crippen LogP contribution >= 0.6 is 0 Å². The molecule has 0 aliphatic heterocycles. The molecule has 0 aliphatic carbocycles. The lowest BCUT2D eigenvalue weighted by molar-refractivity contribution is -0.130. The van der Waals surface area contributed by atoms with Gasteiger partial charge in [0.15, 0.2) is 0 Å². The predicted octanol–water partition coefficient (Wildman–Crippen LogP) is 2.87. The molecule has 0 N–H and O–H groups in total. The minimum atomic E-state index is 0.118. The molecular weight excluding hydrogens is 338 g/mol. The van der Waals surface area contributed by atoms with Crippen molar-refractivity contribution in [2.75, 3.05) is 7.05 Å². The molecule has 2 aromatic heterocycles. The third-order valence-electron chi connectivity index (χ3n) is 5.05. The molecule has 6 nitrogen and oxygen atoms in total. The summed E-state index contributed by atoms with van der Waals surface area (Å²) in [5.41, 5.74) is 4.52. The van der Waals surface area contributed by atoms with Gasteiger partial charge in [-0.25, -0.2) is 4.98 Å². The molecule has 2 heterocycles. The second-order valence-corrected chi connectivity index (χ2v) is 6.98. The monoisotopic (exact) mass is 365 g/mol. The molecule has 0 spiro atoms. The van der Waals surface area contributed by atoms with E-state index in [1.54, 1.807) is 11.1 Å². The second-order valence-electron chi connectivity index (χ2n) is 6.98. The zero-order valence-corrected chi connectivity index (χ0v) is 16.5. The van der Waals surface area contributed by atoms with Crippen molar-refractivity contribution in [3.63, 3.8) is 0 Å². The van der Waals surface area contributed by atoms with Crippen molar-refractivity contribution >= 4 is 5.91 Å². The number of carbonyl (C=O) groups is 1. The highest BCUT2D eigenvalue weighted by Crippen LogP contribution is 2.15. The van der Waals surface area contributed by atoms with Crippen LogP contribution < -0.4 is 0 Å². The number of rotatable bonds is 7. The first-order valence-corrected chi connectivity index (χ1v) is 9.22. The van der Waals surface area contributed by atoms with Crippen LogP contribution in [0.25, 0.3) is 0 Å². The summed E-state index contributed by atoms with van der Waals surface area (Å²) < 4.78 is 3.97. The average Bonchev–Trinajstić information content (AvgIpc) is 3.18. The molecule has 142 valence electrons. The van der Waals surface area contributed by atoms with E-state index in [0.717, 1.165) is 23.8 Å². The highest BCUT2D eigenvalue weighted by Gasteiger charge is 2.15. The van der Waals surface area contributed by atoms with Gasteiger partial charge in [-0.1, -0.05) is 30.3 Å². The summed E-state index contributed by atoms with van der Waals surface area (Å²) in [4.78, 5) is 18.8. The van der Waals surface area contributed by atoms with Gasteiger partial charge in [-0.2, -0.15) is 5.10 Å². The summed E-state index contributed by atoms with van der Waals surface area (Å²) in [6.45, 7) is 5.30. The maximum atomic E-state index is 12.6. The van der Waals surface area contributed by atoms with Crippen LogP contribution in [0.2, 0.25) is 0 Å². The van der Waals surface area contributed by atoms with Gasteiger partial charge in [0, 0.05) is 45.1 Å². The van der Waals surface area contributed by atoms with E-state index in [4.69, 9.17) is 0 Å². The maximum absolute atomic E-state index is 12.6. The van der Waals surface area contributed by atoms with Crippen LogP contribution in [0.4, 0.5) is 0 Å². The Morgan fingerprint density at radius 3 is 2.59 bits per heavy atom. The first-order valence-electron chi connectivity index (χ1n) is 9.22. The zero-order valence-electron chi connectivity index (χ0n) is 16.5. The Hall–Kier alpha value is -2.89. The normalized spacial score (nSPS) is 11.0. The summed E-state index contributed by atoms with van der Waals surface area (Å²) in [5.74, 6) is 1.01. The fourth-order valence-electron chi connectivity index (χ4n) is 3.32. The van der Waals surface area contributed by atoms with E-state index in [1.807, 2.05) is 57.0 Å². The lowest BCUT2D eigenvalue weighted by Gasteiger charge is -2.18. The molecule has 3 aromatic rings. The Labute approximate surface area is 160 Å². The summed E-state index contributed by atoms with van der Waals surface area (Å²) >= 11 is 0. The molecule has 27 heavy (non-hydrogen) atoms. The maximum Gasteiger partial charge on any atom is 0.223 e. The van der Waals surface area contributed by atoms with Gasteiger partial charge >= 0.3 is 0 Å². The van der Waals surface area contributed by atoms with Gasteiger partial charge in [0.05, 0.1) is 12.2 Å². The Bertz CT molecular complexity index is 910.